The van der Waals surface area contributed by atoms with Crippen LogP contribution in [0.5, 0.6) is 0 Å². The van der Waals surface area contributed by atoms with E-state index < -0.39 is 5.91 Å². The average molecular weight is 635 g/mol. The minimum atomic E-state index is -0.400. The lowest BCUT2D eigenvalue weighted by Gasteiger charge is -2.22. The Balaban J connectivity index is 1.16. The van der Waals surface area contributed by atoms with Gasteiger partial charge in [0.15, 0.2) is 5.69 Å². The van der Waals surface area contributed by atoms with Gasteiger partial charge in [-0.25, -0.2) is 0 Å². The van der Waals surface area contributed by atoms with E-state index in [-0.39, 0.29) is 23.7 Å². The van der Waals surface area contributed by atoms with Crippen molar-refractivity contribution in [3.8, 4) is 11.1 Å². The van der Waals surface area contributed by atoms with Gasteiger partial charge in [0.1, 0.15) is 5.69 Å². The van der Waals surface area contributed by atoms with E-state index in [1.807, 2.05) is 23.9 Å². The van der Waals surface area contributed by atoms with Crippen LogP contribution in [0.25, 0.3) is 11.1 Å². The van der Waals surface area contributed by atoms with Crippen molar-refractivity contribution in [3.63, 3.8) is 0 Å². The largest absolute Gasteiger partial charge is 0.392 e. The molecule has 2 aliphatic rings. The van der Waals surface area contributed by atoms with E-state index in [2.05, 4.69) is 30.9 Å². The van der Waals surface area contributed by atoms with E-state index in [1.54, 1.807) is 48.7 Å². The van der Waals surface area contributed by atoms with Gasteiger partial charge in [-0.05, 0) is 56.1 Å². The summed E-state index contributed by atoms with van der Waals surface area (Å²) in [7, 11) is 1.90. The second kappa shape index (κ2) is 13.1. The molecule has 0 radical (unpaired) electrons. The number of hydrogen-bond acceptors (Lipinski definition) is 7. The second-order valence-electron chi connectivity index (χ2n) is 11.1. The Hall–Kier alpha value is -3.80. The number of β-amino-alcohol motifs (C(OH)–C–C–N with tert-alkyl or cyclic N) is 1. The van der Waals surface area contributed by atoms with E-state index in [9.17, 15) is 14.7 Å². The molecule has 4 N–H and O–H groups in total. The number of rotatable bonds is 8. The van der Waals surface area contributed by atoms with Gasteiger partial charge in [-0.2, -0.15) is 5.10 Å². The van der Waals surface area contributed by atoms with Crippen molar-refractivity contribution in [1.29, 1.82) is 0 Å². The van der Waals surface area contributed by atoms with E-state index in [4.69, 9.17) is 23.2 Å². The molecule has 0 aliphatic carbocycles. The first-order chi connectivity index (χ1) is 21.3. The first kappa shape index (κ1) is 30.2. The van der Waals surface area contributed by atoms with Crippen LogP contribution < -0.4 is 16.0 Å². The van der Waals surface area contributed by atoms with Gasteiger partial charge < -0.3 is 21.1 Å². The highest BCUT2D eigenvalue weighted by atomic mass is 35.5. The minimum Gasteiger partial charge on any atom is -0.392 e. The SMILES string of the molecule is CN[C@H]1CCCn2nc(C(=O)Nc3cccc(-c4cccc(NC(=O)c5ccc(CN6CC[C@@H](O)C6)cn5)c4Cl)c3Cl)cc21. The van der Waals surface area contributed by atoms with Gasteiger partial charge >= 0.3 is 0 Å². The highest BCUT2D eigenvalue weighted by Gasteiger charge is 2.25. The number of hydrogen-bond donors (Lipinski definition) is 4. The third kappa shape index (κ3) is 6.36. The van der Waals surface area contributed by atoms with Crippen molar-refractivity contribution in [3.05, 3.63) is 93.5 Å². The molecule has 4 heterocycles. The standard InChI is InChI=1S/C32H33Cl2N7O3/c1-35-23-9-4-13-41-28(23)15-27(39-41)32(44)38-25-8-3-6-22(30(25)34)21-5-2-7-24(29(21)33)37-31(43)26-11-10-19(16-36-26)17-40-14-12-20(42)18-40/h2-3,5-8,10-11,15-16,20,23,35,42H,4,9,12-14,17-18H2,1H3,(H,37,43)(H,38,44)/t20-,23+/m1/s1. The van der Waals surface area contributed by atoms with Crippen molar-refractivity contribution in [2.24, 2.45) is 0 Å². The van der Waals surface area contributed by atoms with Crippen LogP contribution in [0.2, 0.25) is 10.0 Å². The van der Waals surface area contributed by atoms with Crippen LogP contribution in [0.4, 0.5) is 11.4 Å². The first-order valence-electron chi connectivity index (χ1n) is 14.6. The molecule has 2 aliphatic heterocycles. The van der Waals surface area contributed by atoms with E-state index >= 15 is 0 Å². The molecular formula is C32H33Cl2N7O3. The molecule has 0 spiro atoms. The Morgan fingerprint density at radius 1 is 0.932 bits per heavy atom. The third-order valence-corrected chi connectivity index (χ3v) is 8.92. The zero-order valence-corrected chi connectivity index (χ0v) is 25.7. The monoisotopic (exact) mass is 633 g/mol. The average Bonchev–Trinajstić information content (AvgIpc) is 3.65. The van der Waals surface area contributed by atoms with Gasteiger partial charge in [-0.1, -0.05) is 53.5 Å². The van der Waals surface area contributed by atoms with Crippen LogP contribution in [0.3, 0.4) is 0 Å². The topological polar surface area (TPSA) is 124 Å². The first-order valence-corrected chi connectivity index (χ1v) is 15.4. The zero-order chi connectivity index (χ0) is 30.8. The van der Waals surface area contributed by atoms with Crippen molar-refractivity contribution >= 4 is 46.4 Å². The maximum atomic E-state index is 13.2. The number of pyridine rings is 1. The number of anilines is 2. The molecule has 1 fully saturated rings. The number of likely N-dealkylation sites (tertiary alicyclic amines) is 1. The van der Waals surface area contributed by atoms with Gasteiger partial charge in [0.25, 0.3) is 11.8 Å². The van der Waals surface area contributed by atoms with Crippen LogP contribution in [0.1, 0.15) is 57.5 Å². The van der Waals surface area contributed by atoms with Crippen LogP contribution in [-0.4, -0.2) is 62.8 Å². The molecule has 44 heavy (non-hydrogen) atoms. The summed E-state index contributed by atoms with van der Waals surface area (Å²) >= 11 is 13.6. The number of halogens is 2. The van der Waals surface area contributed by atoms with Gasteiger partial charge in [0.2, 0.25) is 0 Å². The quantitative estimate of drug-likeness (QED) is 0.205. The van der Waals surface area contributed by atoms with Gasteiger partial charge in [-0.15, -0.1) is 0 Å². The molecule has 2 amide bonds. The fraction of sp³-hybridized carbons (Fsp3) is 0.312. The van der Waals surface area contributed by atoms with Gasteiger partial charge in [0.05, 0.1) is 33.2 Å². The summed E-state index contributed by atoms with van der Waals surface area (Å²) in [6.45, 7) is 2.91. The summed E-state index contributed by atoms with van der Waals surface area (Å²) < 4.78 is 1.88. The predicted molar refractivity (Wildman–Crippen MR) is 171 cm³/mol. The molecule has 2 aromatic heterocycles. The van der Waals surface area contributed by atoms with Crippen LogP contribution >= 0.6 is 23.2 Å². The number of carbonyl (C=O) groups excluding carboxylic acids is 2. The molecule has 0 saturated carbocycles. The fourth-order valence-corrected chi connectivity index (χ4v) is 6.35. The third-order valence-electron chi connectivity index (χ3n) is 8.11. The van der Waals surface area contributed by atoms with E-state index in [0.717, 1.165) is 43.6 Å². The molecule has 4 aromatic rings. The lowest BCUT2D eigenvalue weighted by Crippen LogP contribution is -2.24. The lowest BCUT2D eigenvalue weighted by molar-refractivity contribution is 0.101. The number of aliphatic hydroxyl groups is 1. The molecule has 228 valence electrons. The number of nitrogens with zero attached hydrogens (tertiary/aromatic N) is 4. The van der Waals surface area contributed by atoms with Crippen molar-refractivity contribution in [2.75, 3.05) is 30.8 Å². The van der Waals surface area contributed by atoms with E-state index in [0.29, 0.717) is 51.3 Å². The van der Waals surface area contributed by atoms with Crippen LogP contribution in [-0.2, 0) is 13.1 Å². The Bertz CT molecular complexity index is 1690. The molecule has 1 saturated heterocycles. The van der Waals surface area contributed by atoms with Crippen molar-refractivity contribution in [2.45, 2.75) is 44.5 Å². The molecule has 0 unspecified atom stereocenters. The number of benzene rings is 2. The normalized spacial score (nSPS) is 18.2. The smallest absolute Gasteiger partial charge is 0.276 e. The second-order valence-corrected chi connectivity index (χ2v) is 11.9. The number of carbonyl (C=O) groups is 2. The maximum Gasteiger partial charge on any atom is 0.276 e. The number of aryl methyl sites for hydroxylation is 1. The Morgan fingerprint density at radius 3 is 2.20 bits per heavy atom. The summed E-state index contributed by atoms with van der Waals surface area (Å²) in [4.78, 5) is 32.7. The summed E-state index contributed by atoms with van der Waals surface area (Å²) in [6.07, 6.45) is 4.14. The Morgan fingerprint density at radius 2 is 1.61 bits per heavy atom. The molecule has 12 heteroatoms. The number of fused-ring (bicyclic) bond motifs is 1. The summed E-state index contributed by atoms with van der Waals surface area (Å²) in [5.41, 5.74) is 4.54. The van der Waals surface area contributed by atoms with Crippen molar-refractivity contribution in [1.82, 2.24) is 25.0 Å². The number of aromatic nitrogens is 3. The van der Waals surface area contributed by atoms with Crippen LogP contribution in [0.15, 0.2) is 60.8 Å². The maximum absolute atomic E-state index is 13.2. The fourth-order valence-electron chi connectivity index (χ4n) is 5.80. The predicted octanol–water partition coefficient (Wildman–Crippen LogP) is 5.38. The number of amides is 2. The number of nitrogens with one attached hydrogen (secondary N) is 3. The Labute approximate surface area is 265 Å². The van der Waals surface area contributed by atoms with Crippen molar-refractivity contribution < 1.29 is 14.7 Å². The summed E-state index contributed by atoms with van der Waals surface area (Å²) in [5, 5.41) is 23.9. The molecule has 2 aromatic carbocycles. The van der Waals surface area contributed by atoms with Gasteiger partial charge in [-0.3, -0.25) is 24.2 Å². The minimum absolute atomic E-state index is 0.158. The Kier molecular flexibility index (Phi) is 8.97. The highest BCUT2D eigenvalue weighted by molar-refractivity contribution is 6.40. The summed E-state index contributed by atoms with van der Waals surface area (Å²) in [5.74, 6) is -0.757. The van der Waals surface area contributed by atoms with Crippen LogP contribution in [0, 0.1) is 0 Å². The molecule has 2 atom stereocenters. The molecular weight excluding hydrogens is 601 g/mol. The molecule has 6 rings (SSSR count). The summed E-state index contributed by atoms with van der Waals surface area (Å²) in [6, 6.07) is 16.1. The number of aliphatic hydroxyl groups excluding tert-OH is 1. The van der Waals surface area contributed by atoms with E-state index in [1.165, 1.54) is 0 Å². The molecule has 10 nitrogen and oxygen atoms in total. The van der Waals surface area contributed by atoms with Gasteiger partial charge in [0, 0.05) is 49.5 Å². The lowest BCUT2D eigenvalue weighted by atomic mass is 10.0. The highest BCUT2D eigenvalue weighted by Crippen LogP contribution is 2.40. The zero-order valence-electron chi connectivity index (χ0n) is 24.2. The molecule has 0 bridgehead atoms.